The topological polar surface area (TPSA) is 85.1 Å². The van der Waals surface area contributed by atoms with Crippen molar-refractivity contribution in [2.45, 2.75) is 6.42 Å². The minimum Gasteiger partial charge on any atom is -0.352 e. The number of nitrogens with one attached hydrogen (secondary N) is 1. The number of nitro benzene ring substituents is 1. The van der Waals surface area contributed by atoms with Crippen LogP contribution in [0.25, 0.3) is 0 Å². The summed E-state index contributed by atoms with van der Waals surface area (Å²) in [6.45, 7) is 0.418. The lowest BCUT2D eigenvalue weighted by Crippen LogP contribution is -2.25. The van der Waals surface area contributed by atoms with E-state index in [1.54, 1.807) is 12.4 Å². The van der Waals surface area contributed by atoms with E-state index in [9.17, 15) is 14.9 Å². The molecule has 108 valence electrons. The number of pyridine rings is 1. The molecule has 1 amide bonds. The number of hydrogen-bond donors (Lipinski definition) is 1. The van der Waals surface area contributed by atoms with E-state index in [-0.39, 0.29) is 22.2 Å². The first-order valence-corrected chi connectivity index (χ1v) is 6.57. The van der Waals surface area contributed by atoms with Crippen LogP contribution >= 0.6 is 11.6 Å². The molecule has 6 nitrogen and oxygen atoms in total. The minimum absolute atomic E-state index is 0.00640. The van der Waals surface area contributed by atoms with Crippen molar-refractivity contribution in [3.8, 4) is 0 Å². The van der Waals surface area contributed by atoms with Gasteiger partial charge in [-0.2, -0.15) is 0 Å². The maximum absolute atomic E-state index is 11.9. The number of aromatic nitrogens is 1. The van der Waals surface area contributed by atoms with Gasteiger partial charge in [-0.25, -0.2) is 0 Å². The predicted octanol–water partition coefficient (Wildman–Crippen LogP) is 2.62. The molecule has 0 saturated heterocycles. The molecule has 0 aliphatic carbocycles. The first-order valence-electron chi connectivity index (χ1n) is 6.19. The summed E-state index contributed by atoms with van der Waals surface area (Å²) in [6.07, 6.45) is 4.03. The molecule has 2 aromatic rings. The molecule has 1 N–H and O–H groups in total. The average molecular weight is 306 g/mol. The molecule has 0 spiro atoms. The summed E-state index contributed by atoms with van der Waals surface area (Å²) in [7, 11) is 0. The monoisotopic (exact) mass is 305 g/mol. The maximum atomic E-state index is 11.9. The number of carbonyl (C=O) groups excluding carboxylic acids is 1. The maximum Gasteiger partial charge on any atom is 0.288 e. The predicted molar refractivity (Wildman–Crippen MR) is 78.4 cm³/mol. The van der Waals surface area contributed by atoms with E-state index < -0.39 is 4.92 Å². The third-order valence-corrected chi connectivity index (χ3v) is 3.15. The fourth-order valence-corrected chi connectivity index (χ4v) is 1.95. The van der Waals surface area contributed by atoms with Gasteiger partial charge in [0, 0.05) is 30.6 Å². The third kappa shape index (κ3) is 4.00. The zero-order valence-electron chi connectivity index (χ0n) is 11.0. The van der Waals surface area contributed by atoms with Crippen LogP contribution in [0.5, 0.6) is 0 Å². The standard InChI is InChI=1S/C14H12ClN3O3/c15-12-4-3-11(8-13(12)18(20)21)14(19)17-7-5-10-2-1-6-16-9-10/h1-4,6,8-9H,5,7H2,(H,17,19). The number of nitro groups is 1. The summed E-state index contributed by atoms with van der Waals surface area (Å²) >= 11 is 5.70. The van der Waals surface area contributed by atoms with E-state index in [1.165, 1.54) is 18.2 Å². The lowest BCUT2D eigenvalue weighted by atomic mass is 10.1. The van der Waals surface area contributed by atoms with Gasteiger partial charge in [0.25, 0.3) is 11.6 Å². The lowest BCUT2D eigenvalue weighted by molar-refractivity contribution is -0.384. The SMILES string of the molecule is O=C(NCCc1cccnc1)c1ccc(Cl)c([N+](=O)[O-])c1. The molecule has 1 aromatic heterocycles. The van der Waals surface area contributed by atoms with Crippen LogP contribution in [0.2, 0.25) is 5.02 Å². The summed E-state index contributed by atoms with van der Waals surface area (Å²) in [4.78, 5) is 26.1. The van der Waals surface area contributed by atoms with Crippen LogP contribution in [0.15, 0.2) is 42.7 Å². The number of hydrogen-bond acceptors (Lipinski definition) is 4. The highest BCUT2D eigenvalue weighted by Gasteiger charge is 2.15. The van der Waals surface area contributed by atoms with Crippen molar-refractivity contribution in [2.75, 3.05) is 6.54 Å². The normalized spacial score (nSPS) is 10.1. The molecule has 0 bridgehead atoms. The van der Waals surface area contributed by atoms with Crippen molar-refractivity contribution in [3.05, 3.63) is 69.0 Å². The molecule has 2 rings (SSSR count). The van der Waals surface area contributed by atoms with E-state index in [2.05, 4.69) is 10.3 Å². The van der Waals surface area contributed by atoms with E-state index >= 15 is 0 Å². The molecular weight excluding hydrogens is 294 g/mol. The van der Waals surface area contributed by atoms with Gasteiger partial charge < -0.3 is 5.32 Å². The Bertz CT molecular complexity index is 662. The van der Waals surface area contributed by atoms with Gasteiger partial charge >= 0.3 is 0 Å². The van der Waals surface area contributed by atoms with Crippen LogP contribution in [0.3, 0.4) is 0 Å². The molecule has 21 heavy (non-hydrogen) atoms. The molecule has 0 atom stereocenters. The third-order valence-electron chi connectivity index (χ3n) is 2.83. The largest absolute Gasteiger partial charge is 0.352 e. The van der Waals surface area contributed by atoms with Crippen LogP contribution in [0.1, 0.15) is 15.9 Å². The zero-order chi connectivity index (χ0) is 15.2. The quantitative estimate of drug-likeness (QED) is 0.679. The van der Waals surface area contributed by atoms with Crippen LogP contribution in [0, 0.1) is 10.1 Å². The van der Waals surface area contributed by atoms with Crippen LogP contribution < -0.4 is 5.32 Å². The van der Waals surface area contributed by atoms with Gasteiger partial charge in [-0.15, -0.1) is 0 Å². The van der Waals surface area contributed by atoms with Crippen molar-refractivity contribution in [2.24, 2.45) is 0 Å². The van der Waals surface area contributed by atoms with E-state index in [1.807, 2.05) is 12.1 Å². The molecule has 1 heterocycles. The molecule has 0 aliphatic heterocycles. The summed E-state index contributed by atoms with van der Waals surface area (Å²) in [5.74, 6) is -0.376. The highest BCUT2D eigenvalue weighted by Crippen LogP contribution is 2.24. The van der Waals surface area contributed by atoms with E-state index in [4.69, 9.17) is 11.6 Å². The van der Waals surface area contributed by atoms with Gasteiger partial charge in [-0.3, -0.25) is 19.9 Å². The van der Waals surface area contributed by atoms with Gasteiger partial charge in [0.1, 0.15) is 5.02 Å². The second kappa shape index (κ2) is 6.81. The molecule has 0 unspecified atom stereocenters. The molecule has 0 fully saturated rings. The van der Waals surface area contributed by atoms with Crippen molar-refractivity contribution < 1.29 is 9.72 Å². The average Bonchev–Trinajstić information content (AvgIpc) is 2.48. The number of carbonyl (C=O) groups is 1. The van der Waals surface area contributed by atoms with Crippen molar-refractivity contribution in [1.29, 1.82) is 0 Å². The van der Waals surface area contributed by atoms with Crippen molar-refractivity contribution in [3.63, 3.8) is 0 Å². The Morgan fingerprint density at radius 2 is 2.19 bits per heavy atom. The Morgan fingerprint density at radius 3 is 2.86 bits per heavy atom. The van der Waals surface area contributed by atoms with Crippen LogP contribution in [-0.2, 0) is 6.42 Å². The zero-order valence-corrected chi connectivity index (χ0v) is 11.7. The fraction of sp³-hybridized carbons (Fsp3) is 0.143. The summed E-state index contributed by atoms with van der Waals surface area (Å²) in [5.41, 5.74) is 0.925. The number of benzene rings is 1. The molecule has 0 radical (unpaired) electrons. The summed E-state index contributed by atoms with van der Waals surface area (Å²) < 4.78 is 0. The lowest BCUT2D eigenvalue weighted by Gasteiger charge is -2.05. The fourth-order valence-electron chi connectivity index (χ4n) is 1.76. The van der Waals surface area contributed by atoms with E-state index in [0.717, 1.165) is 5.56 Å². The first-order chi connectivity index (χ1) is 10.1. The van der Waals surface area contributed by atoms with Gasteiger partial charge in [-0.1, -0.05) is 17.7 Å². The Balaban J connectivity index is 1.97. The molecule has 0 saturated carbocycles. The Kier molecular flexibility index (Phi) is 4.84. The molecule has 7 heteroatoms. The highest BCUT2D eigenvalue weighted by molar-refractivity contribution is 6.32. The molecular formula is C14H12ClN3O3. The van der Waals surface area contributed by atoms with Gasteiger partial charge in [0.15, 0.2) is 0 Å². The molecule has 1 aromatic carbocycles. The smallest absolute Gasteiger partial charge is 0.288 e. The van der Waals surface area contributed by atoms with Crippen LogP contribution in [0.4, 0.5) is 5.69 Å². The number of nitrogens with zero attached hydrogens (tertiary/aromatic N) is 2. The van der Waals surface area contributed by atoms with Crippen LogP contribution in [-0.4, -0.2) is 22.4 Å². The summed E-state index contributed by atoms with van der Waals surface area (Å²) in [6, 6.07) is 7.69. The second-order valence-electron chi connectivity index (χ2n) is 4.29. The Labute approximate surface area is 125 Å². The number of amides is 1. The van der Waals surface area contributed by atoms with Gasteiger partial charge in [0.05, 0.1) is 4.92 Å². The van der Waals surface area contributed by atoms with Gasteiger partial charge in [-0.05, 0) is 30.2 Å². The highest BCUT2D eigenvalue weighted by atomic mass is 35.5. The molecule has 0 aliphatic rings. The van der Waals surface area contributed by atoms with E-state index in [0.29, 0.717) is 13.0 Å². The van der Waals surface area contributed by atoms with Crippen molar-refractivity contribution in [1.82, 2.24) is 10.3 Å². The minimum atomic E-state index is -0.616. The number of rotatable bonds is 5. The first kappa shape index (κ1) is 14.9. The summed E-state index contributed by atoms with van der Waals surface area (Å²) in [5, 5.41) is 13.5. The second-order valence-corrected chi connectivity index (χ2v) is 4.70. The Morgan fingerprint density at radius 1 is 1.38 bits per heavy atom. The Hall–Kier alpha value is -2.47. The van der Waals surface area contributed by atoms with Gasteiger partial charge in [0.2, 0.25) is 0 Å². The van der Waals surface area contributed by atoms with Crippen molar-refractivity contribution >= 4 is 23.2 Å². The number of halogens is 1.